The fraction of sp³-hybridized carbons (Fsp3) is 0.400. The van der Waals surface area contributed by atoms with Crippen molar-refractivity contribution in [1.82, 2.24) is 4.90 Å². The van der Waals surface area contributed by atoms with Crippen LogP contribution < -0.4 is 11.5 Å². The number of nitrogens with zero attached hydrogens (tertiary/aromatic N) is 1. The summed E-state index contributed by atoms with van der Waals surface area (Å²) in [5.41, 5.74) is 12.7. The van der Waals surface area contributed by atoms with E-state index in [-0.39, 0.29) is 18.9 Å². The maximum absolute atomic E-state index is 12.6. The molecule has 0 heterocycles. The predicted molar refractivity (Wildman–Crippen MR) is 79.7 cm³/mol. The second-order valence-electron chi connectivity index (χ2n) is 5.20. The molecule has 21 heavy (non-hydrogen) atoms. The van der Waals surface area contributed by atoms with Gasteiger partial charge in [0, 0.05) is 5.56 Å². The average Bonchev–Trinajstić information content (AvgIpc) is 2.38. The fourth-order valence-corrected chi connectivity index (χ4v) is 2.12. The topological polar surface area (TPSA) is 106 Å². The molecule has 1 rings (SSSR count). The Morgan fingerprint density at radius 3 is 2.10 bits per heavy atom. The van der Waals surface area contributed by atoms with Crippen molar-refractivity contribution in [1.29, 1.82) is 0 Å². The molecule has 0 spiro atoms. The normalized spacial score (nSPS) is 12.2. The maximum Gasteiger partial charge on any atom is 0.231 e. The summed E-state index contributed by atoms with van der Waals surface area (Å²) in [4.78, 5) is 36.1. The fourth-order valence-electron chi connectivity index (χ4n) is 2.12. The third-order valence-electron chi connectivity index (χ3n) is 3.30. The number of Topliss-reactive ketones (excluding diaryl/α,β-unsaturated/α-hetero) is 1. The van der Waals surface area contributed by atoms with Gasteiger partial charge in [0.2, 0.25) is 11.8 Å². The third kappa shape index (κ3) is 4.68. The zero-order chi connectivity index (χ0) is 16.2. The smallest absolute Gasteiger partial charge is 0.231 e. The lowest BCUT2D eigenvalue weighted by molar-refractivity contribution is -0.122. The van der Waals surface area contributed by atoms with E-state index >= 15 is 0 Å². The summed E-state index contributed by atoms with van der Waals surface area (Å²) >= 11 is 0. The van der Waals surface area contributed by atoms with Crippen LogP contribution in [-0.4, -0.2) is 41.6 Å². The van der Waals surface area contributed by atoms with Gasteiger partial charge in [0.1, 0.15) is 0 Å². The molecule has 0 aliphatic heterocycles. The van der Waals surface area contributed by atoms with Crippen LogP contribution in [0.2, 0.25) is 0 Å². The molecule has 0 aliphatic carbocycles. The van der Waals surface area contributed by atoms with Crippen LogP contribution >= 0.6 is 0 Å². The standard InChI is InChI=1S/C15H21N3O3/c1-9-4-5-10(2)12(6-9)15(21)11(3)18(7-13(16)19)8-14(17)20/h4-6,11H,7-8H2,1-3H3,(H2,16,19)(H2,17,20). The Morgan fingerprint density at radius 1 is 1.10 bits per heavy atom. The summed E-state index contributed by atoms with van der Waals surface area (Å²) in [5.74, 6) is -1.40. The molecule has 0 radical (unpaired) electrons. The first-order chi connectivity index (χ1) is 9.72. The molecule has 6 nitrogen and oxygen atoms in total. The van der Waals surface area contributed by atoms with E-state index in [4.69, 9.17) is 11.5 Å². The van der Waals surface area contributed by atoms with Crippen molar-refractivity contribution >= 4 is 17.6 Å². The van der Waals surface area contributed by atoms with Crippen LogP contribution in [-0.2, 0) is 9.59 Å². The Morgan fingerprint density at radius 2 is 1.62 bits per heavy atom. The van der Waals surface area contributed by atoms with E-state index in [2.05, 4.69) is 0 Å². The van der Waals surface area contributed by atoms with Gasteiger partial charge >= 0.3 is 0 Å². The largest absolute Gasteiger partial charge is 0.369 e. The summed E-state index contributed by atoms with van der Waals surface area (Å²) in [5, 5.41) is 0. The van der Waals surface area contributed by atoms with Gasteiger partial charge in [0.15, 0.2) is 5.78 Å². The first kappa shape index (κ1) is 16.8. The summed E-state index contributed by atoms with van der Waals surface area (Å²) in [6, 6.07) is 4.91. The highest BCUT2D eigenvalue weighted by Gasteiger charge is 2.25. The van der Waals surface area contributed by atoms with E-state index in [1.165, 1.54) is 4.90 Å². The second-order valence-corrected chi connectivity index (χ2v) is 5.20. The SMILES string of the molecule is Cc1ccc(C)c(C(=O)C(C)N(CC(N)=O)CC(N)=O)c1. The molecule has 2 amide bonds. The van der Waals surface area contributed by atoms with Gasteiger partial charge in [-0.15, -0.1) is 0 Å². The molecule has 114 valence electrons. The number of benzene rings is 1. The van der Waals surface area contributed by atoms with Crippen molar-refractivity contribution in [3.8, 4) is 0 Å². The molecule has 0 saturated carbocycles. The lowest BCUT2D eigenvalue weighted by Gasteiger charge is -2.26. The molecule has 0 bridgehead atoms. The molecule has 0 saturated heterocycles. The Kier molecular flexibility index (Phi) is 5.60. The Bertz CT molecular complexity index is 553. The molecule has 1 unspecified atom stereocenters. The molecular formula is C15H21N3O3. The van der Waals surface area contributed by atoms with Gasteiger partial charge in [-0.2, -0.15) is 0 Å². The molecule has 0 aromatic heterocycles. The van der Waals surface area contributed by atoms with Crippen molar-refractivity contribution < 1.29 is 14.4 Å². The number of nitrogens with two attached hydrogens (primary N) is 2. The Hall–Kier alpha value is -2.21. The van der Waals surface area contributed by atoms with E-state index < -0.39 is 17.9 Å². The number of carbonyl (C=O) groups is 3. The summed E-state index contributed by atoms with van der Waals surface area (Å²) in [7, 11) is 0. The van der Waals surface area contributed by atoms with E-state index in [9.17, 15) is 14.4 Å². The lowest BCUT2D eigenvalue weighted by atomic mass is 9.97. The number of ketones is 1. The first-order valence-electron chi connectivity index (χ1n) is 6.64. The molecule has 0 aliphatic rings. The number of hydrogen-bond donors (Lipinski definition) is 2. The van der Waals surface area contributed by atoms with Crippen LogP contribution in [0.25, 0.3) is 0 Å². The van der Waals surface area contributed by atoms with Crippen molar-refractivity contribution in [2.75, 3.05) is 13.1 Å². The number of rotatable bonds is 7. The van der Waals surface area contributed by atoms with E-state index in [0.29, 0.717) is 5.56 Å². The minimum Gasteiger partial charge on any atom is -0.369 e. The van der Waals surface area contributed by atoms with Crippen LogP contribution in [0.1, 0.15) is 28.4 Å². The van der Waals surface area contributed by atoms with E-state index in [1.807, 2.05) is 26.0 Å². The molecule has 1 atom stereocenters. The van der Waals surface area contributed by atoms with Gasteiger partial charge in [-0.3, -0.25) is 19.3 Å². The van der Waals surface area contributed by atoms with Gasteiger partial charge in [-0.25, -0.2) is 0 Å². The number of carbonyl (C=O) groups excluding carboxylic acids is 3. The van der Waals surface area contributed by atoms with Crippen LogP contribution in [0, 0.1) is 13.8 Å². The minimum atomic E-state index is -0.662. The molecule has 1 aromatic carbocycles. The summed E-state index contributed by atoms with van der Waals surface area (Å²) in [6.07, 6.45) is 0. The van der Waals surface area contributed by atoms with Gasteiger partial charge < -0.3 is 11.5 Å². The second kappa shape index (κ2) is 6.99. The number of amides is 2. The predicted octanol–water partition coefficient (Wildman–Crippen LogP) is 0.147. The highest BCUT2D eigenvalue weighted by molar-refractivity contribution is 6.01. The zero-order valence-electron chi connectivity index (χ0n) is 12.6. The van der Waals surface area contributed by atoms with Crippen molar-refractivity contribution in [2.45, 2.75) is 26.8 Å². The van der Waals surface area contributed by atoms with Crippen LogP contribution in [0.4, 0.5) is 0 Å². The van der Waals surface area contributed by atoms with Crippen LogP contribution in [0.3, 0.4) is 0 Å². The number of primary amides is 2. The monoisotopic (exact) mass is 291 g/mol. The molecule has 1 aromatic rings. The van der Waals surface area contributed by atoms with E-state index in [0.717, 1.165) is 11.1 Å². The molecule has 4 N–H and O–H groups in total. The average molecular weight is 291 g/mol. The Labute approximate surface area is 124 Å². The summed E-state index contributed by atoms with van der Waals surface area (Å²) in [6.45, 7) is 4.98. The van der Waals surface area contributed by atoms with Gasteiger partial charge in [0.05, 0.1) is 19.1 Å². The molecular weight excluding hydrogens is 270 g/mol. The van der Waals surface area contributed by atoms with Crippen molar-refractivity contribution in [3.05, 3.63) is 34.9 Å². The summed E-state index contributed by atoms with van der Waals surface area (Å²) < 4.78 is 0. The van der Waals surface area contributed by atoms with Crippen molar-refractivity contribution in [2.24, 2.45) is 11.5 Å². The molecule has 0 fully saturated rings. The molecule has 6 heteroatoms. The zero-order valence-corrected chi connectivity index (χ0v) is 12.6. The number of hydrogen-bond acceptors (Lipinski definition) is 4. The maximum atomic E-state index is 12.6. The Balaban J connectivity index is 3.03. The minimum absolute atomic E-state index is 0.168. The quantitative estimate of drug-likeness (QED) is 0.697. The van der Waals surface area contributed by atoms with Gasteiger partial charge in [0.25, 0.3) is 0 Å². The third-order valence-corrected chi connectivity index (χ3v) is 3.30. The van der Waals surface area contributed by atoms with Crippen LogP contribution in [0.5, 0.6) is 0 Å². The van der Waals surface area contributed by atoms with Gasteiger partial charge in [-0.05, 0) is 32.4 Å². The highest BCUT2D eigenvalue weighted by Crippen LogP contribution is 2.15. The number of aryl methyl sites for hydroxylation is 2. The van der Waals surface area contributed by atoms with Crippen LogP contribution in [0.15, 0.2) is 18.2 Å². The van der Waals surface area contributed by atoms with E-state index in [1.54, 1.807) is 13.0 Å². The van der Waals surface area contributed by atoms with Crippen molar-refractivity contribution in [3.63, 3.8) is 0 Å². The lowest BCUT2D eigenvalue weighted by Crippen LogP contribution is -2.47. The first-order valence-corrected chi connectivity index (χ1v) is 6.64. The van der Waals surface area contributed by atoms with Gasteiger partial charge in [-0.1, -0.05) is 17.7 Å². The highest BCUT2D eigenvalue weighted by atomic mass is 16.2.